The Morgan fingerprint density at radius 1 is 1.10 bits per heavy atom. The Bertz CT molecular complexity index is 1420. The van der Waals surface area contributed by atoms with E-state index in [0.29, 0.717) is 38.3 Å². The van der Waals surface area contributed by atoms with Crippen LogP contribution in [0.5, 0.6) is 5.75 Å². The maximum atomic E-state index is 14.8. The zero-order chi connectivity index (χ0) is 37.1. The lowest BCUT2D eigenvalue weighted by molar-refractivity contribution is -0.151. The summed E-state index contributed by atoms with van der Waals surface area (Å²) in [5, 5.41) is 16.1. The average Bonchev–Trinajstić information content (AvgIpc) is 3.47. The third-order valence-corrected chi connectivity index (χ3v) is 10.4. The fraction of sp³-hybridized carbons (Fsp3) is 0.722. The molecule has 0 aromatic heterocycles. The molecule has 0 spiro atoms. The van der Waals surface area contributed by atoms with Crippen molar-refractivity contribution in [1.29, 1.82) is 0 Å². The number of piperazine rings is 1. The first-order valence-corrected chi connectivity index (χ1v) is 18.0. The molecule has 13 nitrogen and oxygen atoms in total. The first kappa shape index (κ1) is 38.7. The molecule has 4 amide bonds. The fourth-order valence-corrected chi connectivity index (χ4v) is 7.66. The zero-order valence-electron chi connectivity index (χ0n) is 30.2. The second-order valence-corrected chi connectivity index (χ2v) is 15.1. The van der Waals surface area contributed by atoms with E-state index >= 15 is 0 Å². The van der Waals surface area contributed by atoms with Gasteiger partial charge < -0.3 is 34.9 Å². The molecular weight excluding hydrogens is 668 g/mol. The van der Waals surface area contributed by atoms with E-state index in [1.807, 2.05) is 31.2 Å². The monoisotopic (exact) mass is 721 g/mol. The SMILES string of the molecule is CCO[C@@H]1C[C@@H]2CN(C(=O)[C@@H](NC(=O)[C@H](CO)N(C)C(=O)OC(C)(C)C)C3CCC(F)(F)CC3)[C@H](C(=O)N[C@@H]3CCOc4ccccc43)CN2C1. The van der Waals surface area contributed by atoms with Gasteiger partial charge in [0, 0.05) is 64.2 Å². The first-order valence-electron chi connectivity index (χ1n) is 18.0. The minimum absolute atomic E-state index is 0.0408. The van der Waals surface area contributed by atoms with Crippen LogP contribution < -0.4 is 15.4 Å². The number of halogens is 2. The number of para-hydroxylation sites is 1. The molecule has 15 heteroatoms. The van der Waals surface area contributed by atoms with E-state index < -0.39 is 72.9 Å². The molecule has 284 valence electrons. The van der Waals surface area contributed by atoms with Gasteiger partial charge in [-0.3, -0.25) is 24.2 Å². The summed E-state index contributed by atoms with van der Waals surface area (Å²) >= 11 is 0. The molecule has 3 aliphatic heterocycles. The Morgan fingerprint density at radius 2 is 1.80 bits per heavy atom. The number of aliphatic hydroxyl groups is 1. The first-order chi connectivity index (χ1) is 24.1. The van der Waals surface area contributed by atoms with Crippen molar-refractivity contribution in [3.8, 4) is 5.75 Å². The van der Waals surface area contributed by atoms with Crippen molar-refractivity contribution in [3.63, 3.8) is 0 Å². The van der Waals surface area contributed by atoms with Gasteiger partial charge >= 0.3 is 6.09 Å². The quantitative estimate of drug-likeness (QED) is 0.332. The van der Waals surface area contributed by atoms with E-state index in [-0.39, 0.29) is 50.0 Å². The van der Waals surface area contributed by atoms with E-state index in [2.05, 4.69) is 15.5 Å². The van der Waals surface area contributed by atoms with Crippen molar-refractivity contribution in [3.05, 3.63) is 29.8 Å². The lowest BCUT2D eigenvalue weighted by atomic mass is 9.81. The third kappa shape index (κ3) is 9.28. The van der Waals surface area contributed by atoms with Gasteiger partial charge in [0.05, 0.1) is 25.4 Å². The van der Waals surface area contributed by atoms with Crippen LogP contribution in [0.25, 0.3) is 0 Å². The van der Waals surface area contributed by atoms with E-state index in [9.17, 15) is 33.1 Å². The topological polar surface area (TPSA) is 150 Å². The van der Waals surface area contributed by atoms with Crippen molar-refractivity contribution in [2.75, 3.05) is 46.5 Å². The summed E-state index contributed by atoms with van der Waals surface area (Å²) in [5.74, 6) is -4.67. The van der Waals surface area contributed by atoms with Crippen LogP contribution >= 0.6 is 0 Å². The van der Waals surface area contributed by atoms with Crippen LogP contribution in [0.3, 0.4) is 0 Å². The van der Waals surface area contributed by atoms with Crippen LogP contribution in [-0.2, 0) is 23.9 Å². The average molecular weight is 722 g/mol. The van der Waals surface area contributed by atoms with E-state index in [1.165, 1.54) is 11.9 Å². The molecule has 1 aromatic carbocycles. The van der Waals surface area contributed by atoms with Gasteiger partial charge in [-0.1, -0.05) is 18.2 Å². The molecule has 0 unspecified atom stereocenters. The summed E-state index contributed by atoms with van der Waals surface area (Å²) in [6, 6.07) is 3.33. The van der Waals surface area contributed by atoms with Gasteiger partial charge in [0.15, 0.2) is 0 Å². The number of hydrogen-bond acceptors (Lipinski definition) is 9. The van der Waals surface area contributed by atoms with Crippen LogP contribution in [0, 0.1) is 5.92 Å². The number of alkyl halides is 2. The third-order valence-electron chi connectivity index (χ3n) is 10.4. The van der Waals surface area contributed by atoms with Gasteiger partial charge in [-0.15, -0.1) is 0 Å². The predicted molar refractivity (Wildman–Crippen MR) is 182 cm³/mol. The molecule has 3 fully saturated rings. The van der Waals surface area contributed by atoms with E-state index in [4.69, 9.17) is 14.2 Å². The molecule has 6 atom stereocenters. The molecule has 2 saturated heterocycles. The summed E-state index contributed by atoms with van der Waals surface area (Å²) in [6.07, 6.45) is -0.766. The minimum Gasteiger partial charge on any atom is -0.493 e. The van der Waals surface area contributed by atoms with Gasteiger partial charge in [-0.2, -0.15) is 0 Å². The minimum atomic E-state index is -2.90. The van der Waals surface area contributed by atoms with Gasteiger partial charge in [0.25, 0.3) is 0 Å². The summed E-state index contributed by atoms with van der Waals surface area (Å²) in [5.41, 5.74) is -0.0434. The lowest BCUT2D eigenvalue weighted by Gasteiger charge is -2.45. The van der Waals surface area contributed by atoms with Gasteiger partial charge in [0.2, 0.25) is 23.6 Å². The number of amides is 4. The molecule has 51 heavy (non-hydrogen) atoms. The molecule has 5 rings (SSSR count). The van der Waals surface area contributed by atoms with Crippen molar-refractivity contribution in [2.24, 2.45) is 5.92 Å². The molecule has 3 heterocycles. The number of fused-ring (bicyclic) bond motifs is 2. The van der Waals surface area contributed by atoms with Gasteiger partial charge in [-0.05, 0) is 58.9 Å². The Hall–Kier alpha value is -3.56. The lowest BCUT2D eigenvalue weighted by Crippen LogP contribution is -2.67. The summed E-state index contributed by atoms with van der Waals surface area (Å²) < 4.78 is 45.8. The summed E-state index contributed by atoms with van der Waals surface area (Å²) in [7, 11) is 1.30. The number of rotatable bonds is 10. The Balaban J connectivity index is 1.43. The Kier molecular flexibility index (Phi) is 12.1. The highest BCUT2D eigenvalue weighted by Crippen LogP contribution is 2.39. The molecule has 1 saturated carbocycles. The van der Waals surface area contributed by atoms with Gasteiger partial charge in [0.1, 0.15) is 29.5 Å². The fourth-order valence-electron chi connectivity index (χ4n) is 7.66. The van der Waals surface area contributed by atoms with Crippen LogP contribution in [0.2, 0.25) is 0 Å². The molecule has 0 bridgehead atoms. The maximum Gasteiger partial charge on any atom is 0.410 e. The molecular formula is C36H53F2N5O8. The standard InChI is InChI=1S/C36H53F2N5O8/c1-6-49-24-17-23-18-43(27(20-42(23)19-24)31(45)39-26-13-16-50-29-10-8-7-9-25(26)29)33(47)30(22-11-14-36(37,38)15-12-22)40-32(46)28(21-44)41(5)34(48)51-35(2,3)4/h7-10,22-24,26-28,30,44H,6,11-21H2,1-5H3,(H,39,45)(H,40,46)/t23-,24-,26-,27+,28+,30+/m1/s1. The molecule has 3 N–H and O–H groups in total. The molecule has 0 radical (unpaired) electrons. The van der Waals surface area contributed by atoms with Crippen LogP contribution in [0.4, 0.5) is 13.6 Å². The van der Waals surface area contributed by atoms with Crippen molar-refractivity contribution >= 4 is 23.8 Å². The second kappa shape index (κ2) is 16.0. The van der Waals surface area contributed by atoms with Crippen molar-refractivity contribution in [2.45, 2.75) is 114 Å². The smallest absolute Gasteiger partial charge is 0.410 e. The number of aliphatic hydroxyl groups excluding tert-OH is 1. The zero-order valence-corrected chi connectivity index (χ0v) is 30.2. The van der Waals surface area contributed by atoms with E-state index in [0.717, 1.165) is 10.5 Å². The van der Waals surface area contributed by atoms with Crippen LogP contribution in [-0.4, -0.2) is 132 Å². The highest BCUT2D eigenvalue weighted by molar-refractivity contribution is 5.94. The number of carbonyl (C=O) groups is 4. The number of nitrogens with one attached hydrogen (secondary N) is 2. The number of hydrogen-bond donors (Lipinski definition) is 3. The normalized spacial score (nSPS) is 26.2. The second-order valence-electron chi connectivity index (χ2n) is 15.1. The summed E-state index contributed by atoms with van der Waals surface area (Å²) in [4.78, 5) is 60.3. The number of likely N-dealkylation sites (N-methyl/N-ethyl adjacent to an activating group) is 1. The van der Waals surface area contributed by atoms with Crippen LogP contribution in [0.1, 0.15) is 77.8 Å². The number of carbonyl (C=O) groups excluding carboxylic acids is 4. The van der Waals surface area contributed by atoms with Crippen molar-refractivity contribution in [1.82, 2.24) is 25.3 Å². The number of nitrogens with zero attached hydrogens (tertiary/aromatic N) is 3. The molecule has 4 aliphatic rings. The van der Waals surface area contributed by atoms with Gasteiger partial charge in [-0.25, -0.2) is 13.6 Å². The number of ether oxygens (including phenoxy) is 3. The highest BCUT2D eigenvalue weighted by Gasteiger charge is 2.49. The summed E-state index contributed by atoms with van der Waals surface area (Å²) in [6.45, 7) is 8.03. The van der Waals surface area contributed by atoms with E-state index in [1.54, 1.807) is 20.8 Å². The Labute approximate surface area is 298 Å². The van der Waals surface area contributed by atoms with Crippen LogP contribution in [0.15, 0.2) is 24.3 Å². The molecule has 1 aliphatic carbocycles. The molecule has 1 aromatic rings. The highest BCUT2D eigenvalue weighted by atomic mass is 19.3. The maximum absolute atomic E-state index is 14.8. The predicted octanol–water partition coefficient (Wildman–Crippen LogP) is 2.85. The largest absolute Gasteiger partial charge is 0.493 e. The number of benzene rings is 1. The Morgan fingerprint density at radius 3 is 2.47 bits per heavy atom. The van der Waals surface area contributed by atoms with Crippen molar-refractivity contribution < 1.29 is 47.3 Å².